The van der Waals surface area contributed by atoms with Crippen LogP contribution in [0.15, 0.2) is 48.3 Å². The number of aliphatic hydroxyl groups is 6. The monoisotopic (exact) mass is 482 g/mol. The third-order valence-electron chi connectivity index (χ3n) is 6.18. The van der Waals surface area contributed by atoms with Crippen molar-refractivity contribution in [2.24, 2.45) is 5.92 Å². The molecule has 12 nitrogen and oxygen atoms in total. The first-order valence-corrected chi connectivity index (χ1v) is 10.5. The van der Waals surface area contributed by atoms with E-state index in [-0.39, 0.29) is 16.9 Å². The van der Waals surface area contributed by atoms with Gasteiger partial charge >= 0.3 is 5.97 Å². The summed E-state index contributed by atoms with van der Waals surface area (Å²) >= 11 is 0. The van der Waals surface area contributed by atoms with Crippen LogP contribution < -0.4 is 0 Å². The highest BCUT2D eigenvalue weighted by molar-refractivity contribution is 5.89. The van der Waals surface area contributed by atoms with Crippen LogP contribution in [-0.4, -0.2) is 104 Å². The van der Waals surface area contributed by atoms with Gasteiger partial charge in [0.15, 0.2) is 12.4 Å². The molecule has 0 bridgehead atoms. The van der Waals surface area contributed by atoms with Crippen molar-refractivity contribution in [3.8, 4) is 5.75 Å². The number of phenolic OH excluding ortho intramolecular Hbond substituents is 1. The molecule has 1 aromatic rings. The zero-order chi connectivity index (χ0) is 24.6. The Morgan fingerprint density at radius 1 is 1.03 bits per heavy atom. The molecule has 12 heteroatoms. The standard InChI is InChI=1S/C22H26O12/c23-8-11-7-14(33-19(29)10-1-3-12(25)4-2-10)22(30)5-6-31-20(15(11)22)34-21-18(28)17(27)16(26)13(9-24)32-21/h1-7,13-18,20-21,23-28,30H,8-9H2/t13-,14+,15+,16+,17+,18+,20+,21-,22-/m0/s1. The Balaban J connectivity index is 1.54. The van der Waals surface area contributed by atoms with Crippen molar-refractivity contribution >= 4 is 5.97 Å². The highest BCUT2D eigenvalue weighted by Crippen LogP contribution is 2.45. The second-order valence-electron chi connectivity index (χ2n) is 8.28. The van der Waals surface area contributed by atoms with Crippen LogP contribution >= 0.6 is 0 Å². The minimum absolute atomic E-state index is 0.0425. The average molecular weight is 482 g/mol. The number of phenols is 1. The summed E-state index contributed by atoms with van der Waals surface area (Å²) in [4.78, 5) is 12.6. The molecule has 0 saturated carbocycles. The van der Waals surface area contributed by atoms with E-state index in [2.05, 4.69) is 0 Å². The van der Waals surface area contributed by atoms with Crippen LogP contribution in [0, 0.1) is 5.92 Å². The van der Waals surface area contributed by atoms with E-state index >= 15 is 0 Å². The largest absolute Gasteiger partial charge is 0.508 e. The molecule has 1 aliphatic carbocycles. The van der Waals surface area contributed by atoms with E-state index in [0.29, 0.717) is 0 Å². The molecule has 4 rings (SSSR count). The molecule has 1 fully saturated rings. The summed E-state index contributed by atoms with van der Waals surface area (Å²) in [6.07, 6.45) is -6.71. The number of aromatic hydroxyl groups is 1. The highest BCUT2D eigenvalue weighted by Gasteiger charge is 2.57. The van der Waals surface area contributed by atoms with Crippen LogP contribution in [0.1, 0.15) is 10.4 Å². The van der Waals surface area contributed by atoms with Crippen molar-refractivity contribution in [3.05, 3.63) is 53.8 Å². The Morgan fingerprint density at radius 2 is 1.74 bits per heavy atom. The van der Waals surface area contributed by atoms with Gasteiger partial charge < -0.3 is 54.7 Å². The van der Waals surface area contributed by atoms with Crippen LogP contribution in [0.3, 0.4) is 0 Å². The fourth-order valence-electron chi connectivity index (χ4n) is 4.28. The lowest BCUT2D eigenvalue weighted by molar-refractivity contribution is -0.344. The summed E-state index contributed by atoms with van der Waals surface area (Å²) in [5.41, 5.74) is -1.57. The maximum atomic E-state index is 12.6. The minimum atomic E-state index is -1.90. The zero-order valence-corrected chi connectivity index (χ0v) is 17.7. The van der Waals surface area contributed by atoms with Crippen molar-refractivity contribution in [2.45, 2.75) is 48.7 Å². The smallest absolute Gasteiger partial charge is 0.338 e. The first-order valence-electron chi connectivity index (χ1n) is 10.5. The number of carbonyl (C=O) groups is 1. The van der Waals surface area contributed by atoms with Gasteiger partial charge in [-0.3, -0.25) is 0 Å². The van der Waals surface area contributed by atoms with Gasteiger partial charge in [-0.1, -0.05) is 0 Å². The molecule has 0 unspecified atom stereocenters. The van der Waals surface area contributed by atoms with Gasteiger partial charge in [-0.15, -0.1) is 0 Å². The summed E-state index contributed by atoms with van der Waals surface area (Å²) in [6, 6.07) is 5.29. The lowest BCUT2D eigenvalue weighted by Crippen LogP contribution is -2.61. The lowest BCUT2D eigenvalue weighted by atomic mass is 9.83. The quantitative estimate of drug-likeness (QED) is 0.172. The molecule has 1 aromatic carbocycles. The highest BCUT2D eigenvalue weighted by atomic mass is 16.8. The third-order valence-corrected chi connectivity index (χ3v) is 6.18. The van der Waals surface area contributed by atoms with Gasteiger partial charge in [-0.25, -0.2) is 4.79 Å². The van der Waals surface area contributed by atoms with E-state index in [1.807, 2.05) is 0 Å². The molecule has 0 radical (unpaired) electrons. The number of hydrogen-bond acceptors (Lipinski definition) is 12. The second-order valence-corrected chi connectivity index (χ2v) is 8.28. The molecule has 7 N–H and O–H groups in total. The molecule has 3 aliphatic rings. The minimum Gasteiger partial charge on any atom is -0.508 e. The molecule has 2 heterocycles. The maximum absolute atomic E-state index is 12.6. The number of carbonyl (C=O) groups excluding carboxylic acids is 1. The van der Waals surface area contributed by atoms with E-state index in [9.17, 15) is 40.5 Å². The maximum Gasteiger partial charge on any atom is 0.338 e. The number of esters is 1. The Hall–Kier alpha value is -2.55. The Bertz CT molecular complexity index is 944. The first-order chi connectivity index (χ1) is 16.2. The van der Waals surface area contributed by atoms with Crippen molar-refractivity contribution in [1.29, 1.82) is 0 Å². The molecule has 1 saturated heterocycles. The topological polar surface area (TPSA) is 196 Å². The van der Waals surface area contributed by atoms with E-state index in [1.54, 1.807) is 0 Å². The van der Waals surface area contributed by atoms with Gasteiger partial charge in [-0.2, -0.15) is 0 Å². The third kappa shape index (κ3) is 4.30. The number of hydrogen-bond donors (Lipinski definition) is 7. The Labute approximate surface area is 193 Å². The first kappa shape index (κ1) is 24.6. The molecule has 0 spiro atoms. The number of aliphatic hydroxyl groups excluding tert-OH is 5. The number of fused-ring (bicyclic) bond motifs is 1. The zero-order valence-electron chi connectivity index (χ0n) is 17.7. The molecule has 0 amide bonds. The SMILES string of the molecule is O=C(O[C@@H]1C=C(CO)[C@@H]2[C@@H](O[C@@H]3O[C@@H](CO)[C@@H](O)[C@@H](O)[C@H]3O)OC=C[C@@]21O)c1ccc(O)cc1. The van der Waals surface area contributed by atoms with E-state index in [0.717, 1.165) is 6.26 Å². The van der Waals surface area contributed by atoms with Gasteiger partial charge in [-0.05, 0) is 42.0 Å². The van der Waals surface area contributed by atoms with Crippen molar-refractivity contribution in [3.63, 3.8) is 0 Å². The van der Waals surface area contributed by atoms with Gasteiger partial charge in [0.25, 0.3) is 0 Å². The summed E-state index contributed by atoms with van der Waals surface area (Å²) < 4.78 is 21.9. The fraction of sp³-hybridized carbons (Fsp3) is 0.500. The summed E-state index contributed by atoms with van der Waals surface area (Å²) in [5, 5.41) is 70.3. The summed E-state index contributed by atoms with van der Waals surface area (Å²) in [6.45, 7) is -1.22. The van der Waals surface area contributed by atoms with Gasteiger partial charge in [0.2, 0.25) is 6.29 Å². The van der Waals surface area contributed by atoms with Crippen LogP contribution in [0.5, 0.6) is 5.75 Å². The number of benzene rings is 1. The molecule has 9 atom stereocenters. The van der Waals surface area contributed by atoms with E-state index in [1.165, 1.54) is 36.4 Å². The van der Waals surface area contributed by atoms with E-state index in [4.69, 9.17) is 18.9 Å². The predicted molar refractivity (Wildman–Crippen MR) is 110 cm³/mol. The Morgan fingerprint density at radius 3 is 2.38 bits per heavy atom. The van der Waals surface area contributed by atoms with Crippen molar-refractivity contribution < 1.29 is 59.5 Å². The normalized spacial score (nSPS) is 39.2. The fourth-order valence-corrected chi connectivity index (χ4v) is 4.28. The molecule has 2 aliphatic heterocycles. The van der Waals surface area contributed by atoms with Crippen molar-refractivity contribution in [2.75, 3.05) is 13.2 Å². The number of rotatable bonds is 6. The lowest BCUT2D eigenvalue weighted by Gasteiger charge is -2.44. The molecular weight excluding hydrogens is 456 g/mol. The van der Waals surface area contributed by atoms with Gasteiger partial charge in [0.1, 0.15) is 35.8 Å². The Kier molecular flexibility index (Phi) is 6.94. The molecule has 186 valence electrons. The number of ether oxygens (including phenoxy) is 4. The summed E-state index contributed by atoms with van der Waals surface area (Å²) in [7, 11) is 0. The average Bonchev–Trinajstić information content (AvgIpc) is 3.11. The van der Waals surface area contributed by atoms with Crippen LogP contribution in [0.25, 0.3) is 0 Å². The van der Waals surface area contributed by atoms with Crippen molar-refractivity contribution in [1.82, 2.24) is 0 Å². The molecule has 34 heavy (non-hydrogen) atoms. The van der Waals surface area contributed by atoms with Gasteiger partial charge in [0.05, 0.1) is 31.0 Å². The second kappa shape index (κ2) is 9.60. The predicted octanol–water partition coefficient (Wildman–Crippen LogP) is -2.12. The summed E-state index contributed by atoms with van der Waals surface area (Å²) in [5.74, 6) is -1.94. The van der Waals surface area contributed by atoms with Crippen LogP contribution in [0.2, 0.25) is 0 Å². The van der Waals surface area contributed by atoms with E-state index < -0.39 is 73.8 Å². The van der Waals surface area contributed by atoms with Crippen LogP contribution in [0.4, 0.5) is 0 Å². The molecular formula is C22H26O12. The van der Waals surface area contributed by atoms with Gasteiger partial charge in [0, 0.05) is 0 Å². The molecule has 0 aromatic heterocycles. The van der Waals surface area contributed by atoms with Crippen LogP contribution in [-0.2, 0) is 18.9 Å².